The van der Waals surface area contributed by atoms with Gasteiger partial charge in [-0.25, -0.2) is 0 Å². The lowest BCUT2D eigenvalue weighted by molar-refractivity contribution is 0.818. The molecule has 2 rings (SSSR count). The predicted octanol–water partition coefficient (Wildman–Crippen LogP) is 5.00. The van der Waals surface area contributed by atoms with Crippen LogP contribution in [0.3, 0.4) is 0 Å². The molecule has 0 saturated carbocycles. The van der Waals surface area contributed by atoms with Crippen LogP contribution < -0.4 is 5.32 Å². The molecule has 0 unspecified atom stereocenters. The van der Waals surface area contributed by atoms with Gasteiger partial charge in [-0.15, -0.1) is 0 Å². The van der Waals surface area contributed by atoms with Crippen molar-refractivity contribution in [3.05, 3.63) is 57.1 Å². The molecule has 0 bridgehead atoms. The lowest BCUT2D eigenvalue weighted by Gasteiger charge is -2.11. The monoisotopic (exact) mass is 293 g/mol. The first kappa shape index (κ1) is 14.4. The van der Waals surface area contributed by atoms with Crippen LogP contribution in [0, 0.1) is 13.8 Å². The summed E-state index contributed by atoms with van der Waals surface area (Å²) in [6.45, 7) is 4.95. The van der Waals surface area contributed by atoms with Crippen molar-refractivity contribution in [2.75, 3.05) is 7.05 Å². The van der Waals surface area contributed by atoms with Gasteiger partial charge in [-0.2, -0.15) is 0 Å². The van der Waals surface area contributed by atoms with Crippen molar-refractivity contribution in [1.82, 2.24) is 5.32 Å². The standard InChI is InChI=1S/C16H17Cl2N/c1-10-6-14(15(17)7-11(10)2)13-5-4-12(9-19-3)8-16(13)18/h4-8,19H,9H2,1-3H3. The third-order valence-electron chi connectivity index (χ3n) is 3.29. The van der Waals surface area contributed by atoms with Crippen LogP contribution in [0.15, 0.2) is 30.3 Å². The van der Waals surface area contributed by atoms with E-state index >= 15 is 0 Å². The average Bonchev–Trinajstić information content (AvgIpc) is 2.35. The summed E-state index contributed by atoms with van der Waals surface area (Å²) in [7, 11) is 1.92. The molecule has 0 atom stereocenters. The van der Waals surface area contributed by atoms with Gasteiger partial charge in [0.05, 0.1) is 0 Å². The van der Waals surface area contributed by atoms with Gasteiger partial charge in [0, 0.05) is 27.7 Å². The van der Waals surface area contributed by atoms with E-state index in [0.29, 0.717) is 0 Å². The summed E-state index contributed by atoms with van der Waals surface area (Å²) < 4.78 is 0. The van der Waals surface area contributed by atoms with E-state index in [4.69, 9.17) is 23.2 Å². The molecule has 0 saturated heterocycles. The summed E-state index contributed by atoms with van der Waals surface area (Å²) in [5.41, 5.74) is 5.54. The third kappa shape index (κ3) is 3.11. The number of hydrogen-bond donors (Lipinski definition) is 1. The van der Waals surface area contributed by atoms with E-state index < -0.39 is 0 Å². The lowest BCUT2D eigenvalue weighted by Crippen LogP contribution is -2.04. The van der Waals surface area contributed by atoms with Gasteiger partial charge >= 0.3 is 0 Å². The van der Waals surface area contributed by atoms with Gasteiger partial charge < -0.3 is 5.32 Å². The van der Waals surface area contributed by atoms with Crippen molar-refractivity contribution in [3.63, 3.8) is 0 Å². The summed E-state index contributed by atoms with van der Waals surface area (Å²) in [5, 5.41) is 4.59. The molecule has 100 valence electrons. The van der Waals surface area contributed by atoms with Crippen LogP contribution in [0.5, 0.6) is 0 Å². The minimum absolute atomic E-state index is 0.734. The van der Waals surface area contributed by atoms with Crippen molar-refractivity contribution in [2.24, 2.45) is 0 Å². The first-order valence-corrected chi connectivity index (χ1v) is 6.98. The second-order valence-corrected chi connectivity index (χ2v) is 5.58. The van der Waals surface area contributed by atoms with Crippen LogP contribution >= 0.6 is 23.2 Å². The molecule has 0 aliphatic heterocycles. The summed E-state index contributed by atoms with van der Waals surface area (Å²) in [5.74, 6) is 0. The Hall–Kier alpha value is -1.02. The zero-order chi connectivity index (χ0) is 14.0. The van der Waals surface area contributed by atoms with Crippen molar-refractivity contribution < 1.29 is 0 Å². The van der Waals surface area contributed by atoms with E-state index in [2.05, 4.69) is 31.3 Å². The highest BCUT2D eigenvalue weighted by Crippen LogP contribution is 2.35. The Balaban J connectivity index is 2.50. The quantitative estimate of drug-likeness (QED) is 0.840. The molecule has 3 heteroatoms. The molecule has 0 aliphatic rings. The third-order valence-corrected chi connectivity index (χ3v) is 3.91. The molecule has 2 aromatic rings. The van der Waals surface area contributed by atoms with E-state index in [9.17, 15) is 0 Å². The molecule has 0 fully saturated rings. The SMILES string of the molecule is CNCc1ccc(-c2cc(C)c(C)cc2Cl)c(Cl)c1. The Bertz CT molecular complexity index is 606. The van der Waals surface area contributed by atoms with Crippen LogP contribution in [0.25, 0.3) is 11.1 Å². The molecule has 1 nitrogen and oxygen atoms in total. The minimum Gasteiger partial charge on any atom is -0.316 e. The molecule has 1 N–H and O–H groups in total. The number of hydrogen-bond acceptors (Lipinski definition) is 1. The Morgan fingerprint density at radius 3 is 2.16 bits per heavy atom. The second kappa shape index (κ2) is 5.96. The first-order valence-electron chi connectivity index (χ1n) is 6.23. The van der Waals surface area contributed by atoms with Crippen molar-refractivity contribution in [1.29, 1.82) is 0 Å². The summed E-state index contributed by atoms with van der Waals surface area (Å²) in [4.78, 5) is 0. The van der Waals surface area contributed by atoms with Crippen molar-refractivity contribution in [3.8, 4) is 11.1 Å². The van der Waals surface area contributed by atoms with Crippen LogP contribution in [-0.4, -0.2) is 7.05 Å². The topological polar surface area (TPSA) is 12.0 Å². The fourth-order valence-electron chi connectivity index (χ4n) is 2.08. The van der Waals surface area contributed by atoms with E-state index in [1.165, 1.54) is 11.1 Å². The van der Waals surface area contributed by atoms with Gasteiger partial charge in [-0.1, -0.05) is 35.3 Å². The molecule has 0 aliphatic carbocycles. The molecule has 0 aromatic heterocycles. The smallest absolute Gasteiger partial charge is 0.0488 e. The van der Waals surface area contributed by atoms with Gasteiger partial charge in [0.1, 0.15) is 0 Å². The van der Waals surface area contributed by atoms with Crippen LogP contribution in [0.4, 0.5) is 0 Å². The molecule has 0 spiro atoms. The van der Waals surface area contributed by atoms with Gasteiger partial charge in [-0.05, 0) is 55.8 Å². The van der Waals surface area contributed by atoms with Gasteiger partial charge in [0.25, 0.3) is 0 Å². The second-order valence-electron chi connectivity index (χ2n) is 4.76. The van der Waals surface area contributed by atoms with Crippen LogP contribution in [0.1, 0.15) is 16.7 Å². The van der Waals surface area contributed by atoms with Crippen LogP contribution in [-0.2, 0) is 6.54 Å². The molecular formula is C16H17Cl2N. The summed E-state index contributed by atoms with van der Waals surface area (Å²) in [6, 6.07) is 10.2. The first-order chi connectivity index (χ1) is 9.02. The maximum Gasteiger partial charge on any atom is 0.0488 e. The zero-order valence-corrected chi connectivity index (χ0v) is 12.9. The average molecular weight is 294 g/mol. The van der Waals surface area contributed by atoms with Crippen LogP contribution in [0.2, 0.25) is 10.0 Å². The molecule has 0 amide bonds. The van der Waals surface area contributed by atoms with E-state index in [-0.39, 0.29) is 0 Å². The number of nitrogens with one attached hydrogen (secondary N) is 1. The van der Waals surface area contributed by atoms with Crippen molar-refractivity contribution >= 4 is 23.2 Å². The fourth-order valence-corrected chi connectivity index (χ4v) is 2.70. The molecule has 0 radical (unpaired) electrons. The molecule has 0 heterocycles. The maximum atomic E-state index is 6.38. The minimum atomic E-state index is 0.734. The highest BCUT2D eigenvalue weighted by Gasteiger charge is 2.10. The number of halogens is 2. The molecular weight excluding hydrogens is 277 g/mol. The van der Waals surface area contributed by atoms with Crippen molar-refractivity contribution in [2.45, 2.75) is 20.4 Å². The Labute approximate surface area is 124 Å². The Kier molecular flexibility index (Phi) is 4.51. The largest absolute Gasteiger partial charge is 0.316 e. The van der Waals surface area contributed by atoms with E-state index in [0.717, 1.165) is 33.3 Å². The number of rotatable bonds is 3. The fraction of sp³-hybridized carbons (Fsp3) is 0.250. The summed E-state index contributed by atoms with van der Waals surface area (Å²) in [6.07, 6.45) is 0. The predicted molar refractivity (Wildman–Crippen MR) is 84.1 cm³/mol. The highest BCUT2D eigenvalue weighted by molar-refractivity contribution is 6.36. The molecule has 2 aromatic carbocycles. The number of aryl methyl sites for hydroxylation is 2. The number of benzene rings is 2. The zero-order valence-electron chi connectivity index (χ0n) is 11.3. The van der Waals surface area contributed by atoms with Gasteiger partial charge in [-0.3, -0.25) is 0 Å². The Morgan fingerprint density at radius 1 is 0.895 bits per heavy atom. The normalized spacial score (nSPS) is 10.8. The lowest BCUT2D eigenvalue weighted by atomic mass is 9.99. The maximum absolute atomic E-state index is 6.38. The highest BCUT2D eigenvalue weighted by atomic mass is 35.5. The van der Waals surface area contributed by atoms with E-state index in [1.54, 1.807) is 0 Å². The van der Waals surface area contributed by atoms with Gasteiger partial charge in [0.15, 0.2) is 0 Å². The molecule has 19 heavy (non-hydrogen) atoms. The van der Waals surface area contributed by atoms with E-state index in [1.807, 2.05) is 25.2 Å². The Morgan fingerprint density at radius 2 is 1.53 bits per heavy atom. The summed E-state index contributed by atoms with van der Waals surface area (Å²) >= 11 is 12.7. The van der Waals surface area contributed by atoms with Gasteiger partial charge in [0.2, 0.25) is 0 Å².